The van der Waals surface area contributed by atoms with E-state index in [1.54, 1.807) is 0 Å². The number of allylic oxidation sites excluding steroid dienone is 3. The summed E-state index contributed by atoms with van der Waals surface area (Å²) in [5.41, 5.74) is 0. The highest BCUT2D eigenvalue weighted by Crippen LogP contribution is 2.11. The first kappa shape index (κ1) is 24.4. The molecule has 0 aromatic rings. The van der Waals surface area contributed by atoms with Gasteiger partial charge in [-0.15, -0.1) is 0 Å². The summed E-state index contributed by atoms with van der Waals surface area (Å²) >= 11 is 0. The summed E-state index contributed by atoms with van der Waals surface area (Å²) in [5, 5.41) is 0. The van der Waals surface area contributed by atoms with E-state index < -0.39 is 0 Å². The van der Waals surface area contributed by atoms with Crippen molar-refractivity contribution in [3.63, 3.8) is 0 Å². The van der Waals surface area contributed by atoms with Crippen molar-refractivity contribution in [3.8, 4) is 0 Å². The van der Waals surface area contributed by atoms with Gasteiger partial charge in [0.25, 0.3) is 0 Å². The third-order valence-corrected chi connectivity index (χ3v) is 4.44. The maximum absolute atomic E-state index is 5.99. The van der Waals surface area contributed by atoms with E-state index in [2.05, 4.69) is 26.5 Å². The van der Waals surface area contributed by atoms with Gasteiger partial charge in [0.05, 0.1) is 0 Å². The van der Waals surface area contributed by atoms with Crippen LogP contribution in [0.25, 0.3) is 0 Å². The average Bonchev–Trinajstić information content (AvgIpc) is 2.63. The minimum absolute atomic E-state index is 0.0410. The number of unbranched alkanes of at least 4 members (excludes halogenated alkanes) is 10. The maximum Gasteiger partial charge on any atom is 0.157 e. The molecule has 148 valence electrons. The molecule has 25 heavy (non-hydrogen) atoms. The maximum atomic E-state index is 5.99. The molecular weight excluding hydrogens is 308 g/mol. The fraction of sp³-hybridized carbons (Fsp3) is 0.826. The van der Waals surface area contributed by atoms with E-state index in [-0.39, 0.29) is 6.29 Å². The molecule has 0 N–H and O–H groups in total. The smallest absolute Gasteiger partial charge is 0.157 e. The molecule has 0 aliphatic rings. The molecule has 2 heteroatoms. The summed E-state index contributed by atoms with van der Waals surface area (Å²) in [5.74, 6) is 0. The fourth-order valence-corrected chi connectivity index (χ4v) is 2.83. The molecule has 0 aliphatic carbocycles. The topological polar surface area (TPSA) is 18.5 Å². The zero-order chi connectivity index (χ0) is 18.4. The van der Waals surface area contributed by atoms with Crippen LogP contribution < -0.4 is 0 Å². The van der Waals surface area contributed by atoms with Gasteiger partial charge >= 0.3 is 0 Å². The predicted molar refractivity (Wildman–Crippen MR) is 111 cm³/mol. The van der Waals surface area contributed by atoms with Gasteiger partial charge in [-0.3, -0.25) is 0 Å². The first-order chi connectivity index (χ1) is 12.3. The molecule has 2 nitrogen and oxygen atoms in total. The van der Waals surface area contributed by atoms with Crippen molar-refractivity contribution in [3.05, 3.63) is 24.8 Å². The van der Waals surface area contributed by atoms with Crippen molar-refractivity contribution in [1.82, 2.24) is 0 Å². The van der Waals surface area contributed by atoms with Crippen LogP contribution in [-0.4, -0.2) is 19.5 Å². The Morgan fingerprint density at radius 2 is 1.20 bits per heavy atom. The van der Waals surface area contributed by atoms with Crippen LogP contribution in [0.4, 0.5) is 0 Å². The second-order valence-corrected chi connectivity index (χ2v) is 6.95. The van der Waals surface area contributed by atoms with Crippen LogP contribution in [0.1, 0.15) is 104 Å². The number of rotatable bonds is 20. The summed E-state index contributed by atoms with van der Waals surface area (Å²) in [6.45, 7) is 9.89. The van der Waals surface area contributed by atoms with Gasteiger partial charge in [0.2, 0.25) is 0 Å². The number of hydrogen-bond acceptors (Lipinski definition) is 2. The van der Waals surface area contributed by atoms with Crippen molar-refractivity contribution < 1.29 is 9.47 Å². The van der Waals surface area contributed by atoms with Crippen molar-refractivity contribution in [2.75, 3.05) is 13.2 Å². The van der Waals surface area contributed by atoms with Gasteiger partial charge in [-0.1, -0.05) is 103 Å². The summed E-state index contributed by atoms with van der Waals surface area (Å²) < 4.78 is 12.0. The van der Waals surface area contributed by atoms with E-state index in [4.69, 9.17) is 9.47 Å². The third-order valence-electron chi connectivity index (χ3n) is 4.44. The highest BCUT2D eigenvalue weighted by molar-refractivity contribution is 4.96. The van der Waals surface area contributed by atoms with E-state index in [1.165, 1.54) is 64.2 Å². The molecule has 0 spiro atoms. The first-order valence-corrected chi connectivity index (χ1v) is 10.9. The molecule has 0 unspecified atom stereocenters. The van der Waals surface area contributed by atoms with E-state index in [0.717, 1.165) is 38.9 Å². The Bertz CT molecular complexity index is 268. The fourth-order valence-electron chi connectivity index (χ4n) is 2.83. The van der Waals surface area contributed by atoms with E-state index in [9.17, 15) is 0 Å². The summed E-state index contributed by atoms with van der Waals surface area (Å²) in [6.07, 6.45) is 23.5. The van der Waals surface area contributed by atoms with Crippen molar-refractivity contribution in [2.45, 2.75) is 110 Å². The Morgan fingerprint density at radius 1 is 0.720 bits per heavy atom. The standard InChI is InChI=1S/C23H44O2/c1-4-7-10-13-15-18-21-24-23(20-17-12-9-6-3)25-22-19-16-14-11-8-5-2/h6,9,12,23H,3-5,7-8,10-11,13-22H2,1-2H3/b12-9+. The highest BCUT2D eigenvalue weighted by Gasteiger charge is 2.08. The zero-order valence-corrected chi connectivity index (χ0v) is 17.1. The summed E-state index contributed by atoms with van der Waals surface area (Å²) in [6, 6.07) is 0. The molecule has 0 amide bonds. The summed E-state index contributed by atoms with van der Waals surface area (Å²) in [7, 11) is 0. The predicted octanol–water partition coefficient (Wildman–Crippen LogP) is 7.59. The Hall–Kier alpha value is -0.600. The van der Waals surface area contributed by atoms with Crippen LogP contribution in [-0.2, 0) is 9.47 Å². The Balaban J connectivity index is 3.78. The van der Waals surface area contributed by atoms with Crippen LogP contribution in [0.15, 0.2) is 24.8 Å². The molecule has 0 rings (SSSR count). The van der Waals surface area contributed by atoms with Gasteiger partial charge in [-0.25, -0.2) is 0 Å². The average molecular weight is 353 g/mol. The third kappa shape index (κ3) is 19.6. The zero-order valence-electron chi connectivity index (χ0n) is 17.1. The first-order valence-electron chi connectivity index (χ1n) is 10.9. The lowest BCUT2D eigenvalue weighted by Gasteiger charge is -2.18. The minimum Gasteiger partial charge on any atom is -0.353 e. The van der Waals surface area contributed by atoms with Crippen LogP contribution in [0.2, 0.25) is 0 Å². The molecule has 0 aromatic heterocycles. The highest BCUT2D eigenvalue weighted by atomic mass is 16.7. The van der Waals surface area contributed by atoms with Gasteiger partial charge in [0, 0.05) is 19.6 Å². The van der Waals surface area contributed by atoms with E-state index in [1.807, 2.05) is 12.2 Å². The Morgan fingerprint density at radius 3 is 1.68 bits per heavy atom. The number of ether oxygens (including phenoxy) is 2. The normalized spacial score (nSPS) is 11.6. The molecular formula is C23H44O2. The SMILES string of the molecule is C=C/C=C/CCC(OCCCCCCCC)OCCCCCCCC. The van der Waals surface area contributed by atoms with Crippen molar-refractivity contribution in [2.24, 2.45) is 0 Å². The number of hydrogen-bond donors (Lipinski definition) is 0. The Labute approximate surface area is 158 Å². The van der Waals surface area contributed by atoms with Crippen molar-refractivity contribution >= 4 is 0 Å². The molecule has 0 bridgehead atoms. The van der Waals surface area contributed by atoms with Gasteiger partial charge < -0.3 is 9.47 Å². The molecule has 0 aromatic carbocycles. The van der Waals surface area contributed by atoms with E-state index >= 15 is 0 Å². The van der Waals surface area contributed by atoms with Crippen LogP contribution >= 0.6 is 0 Å². The van der Waals surface area contributed by atoms with Crippen molar-refractivity contribution in [1.29, 1.82) is 0 Å². The second-order valence-electron chi connectivity index (χ2n) is 6.95. The lowest BCUT2D eigenvalue weighted by Crippen LogP contribution is -2.18. The quantitative estimate of drug-likeness (QED) is 0.128. The summed E-state index contributed by atoms with van der Waals surface area (Å²) in [4.78, 5) is 0. The second kappa shape index (κ2) is 21.4. The Kier molecular flexibility index (Phi) is 20.9. The minimum atomic E-state index is -0.0410. The van der Waals surface area contributed by atoms with E-state index in [0.29, 0.717) is 0 Å². The molecule has 0 radical (unpaired) electrons. The van der Waals surface area contributed by atoms with Crippen LogP contribution in [0.5, 0.6) is 0 Å². The van der Waals surface area contributed by atoms with Crippen LogP contribution in [0, 0.1) is 0 Å². The molecule has 0 aliphatic heterocycles. The molecule has 0 saturated carbocycles. The van der Waals surface area contributed by atoms with Gasteiger partial charge in [0.15, 0.2) is 6.29 Å². The lowest BCUT2D eigenvalue weighted by molar-refractivity contribution is -0.146. The van der Waals surface area contributed by atoms with Gasteiger partial charge in [-0.05, 0) is 19.3 Å². The van der Waals surface area contributed by atoms with Gasteiger partial charge in [0.1, 0.15) is 0 Å². The molecule has 0 fully saturated rings. The monoisotopic (exact) mass is 352 g/mol. The van der Waals surface area contributed by atoms with Crippen LogP contribution in [0.3, 0.4) is 0 Å². The molecule has 0 heterocycles. The molecule has 0 atom stereocenters. The van der Waals surface area contributed by atoms with Gasteiger partial charge in [-0.2, -0.15) is 0 Å². The largest absolute Gasteiger partial charge is 0.353 e. The molecule has 0 saturated heterocycles. The lowest BCUT2D eigenvalue weighted by atomic mass is 10.1.